The fraction of sp³-hybridized carbons (Fsp3) is 0.333. The molecule has 0 saturated heterocycles. The van der Waals surface area contributed by atoms with Crippen LogP contribution in [0.3, 0.4) is 0 Å². The van der Waals surface area contributed by atoms with Crippen molar-refractivity contribution in [2.75, 3.05) is 0 Å². The van der Waals surface area contributed by atoms with Gasteiger partial charge in [-0.3, -0.25) is 9.59 Å². The molecule has 0 amide bonds. The lowest BCUT2D eigenvalue weighted by Crippen LogP contribution is -2.21. The van der Waals surface area contributed by atoms with Crippen molar-refractivity contribution < 1.29 is 35.1 Å². The third-order valence-electron chi connectivity index (χ3n) is 7.41. The van der Waals surface area contributed by atoms with Crippen LogP contribution in [0.15, 0.2) is 24.3 Å². The minimum absolute atomic E-state index is 0.0941. The quantitative estimate of drug-likeness (QED) is 0.133. The zero-order valence-electron chi connectivity index (χ0n) is 24.4. The number of aryl methyl sites for hydroxylation is 3. The van der Waals surface area contributed by atoms with Crippen molar-refractivity contribution in [3.8, 4) is 39.9 Å². The van der Waals surface area contributed by atoms with Gasteiger partial charge in [-0.1, -0.05) is 41.5 Å². The van der Waals surface area contributed by atoms with Crippen molar-refractivity contribution in [1.82, 2.24) is 0 Å². The van der Waals surface area contributed by atoms with Crippen LogP contribution >= 0.6 is 0 Å². The van der Waals surface area contributed by atoms with E-state index in [1.165, 1.54) is 6.07 Å². The molecular weight excluding hydrogens is 508 g/mol. The Morgan fingerprint density at radius 3 is 1.25 bits per heavy atom. The molecule has 210 valence electrons. The number of aromatic hydroxyl groups is 5. The number of hydrogen-bond donors (Lipinski definition) is 5. The van der Waals surface area contributed by atoms with Crippen molar-refractivity contribution in [2.24, 2.45) is 10.8 Å². The molecule has 0 aromatic heterocycles. The van der Waals surface area contributed by atoms with Gasteiger partial charge in [0.2, 0.25) is 0 Å². The van der Waals surface area contributed by atoms with Gasteiger partial charge in [0.05, 0.1) is 11.1 Å². The summed E-state index contributed by atoms with van der Waals surface area (Å²) in [4.78, 5) is 26.6. The molecule has 0 heterocycles. The van der Waals surface area contributed by atoms with Crippen LogP contribution in [0.5, 0.6) is 28.7 Å². The Hall–Kier alpha value is -4.26. The molecule has 0 fully saturated rings. The highest BCUT2D eigenvalue weighted by atomic mass is 16.3. The summed E-state index contributed by atoms with van der Waals surface area (Å²) >= 11 is 0. The van der Waals surface area contributed by atoms with E-state index in [4.69, 9.17) is 0 Å². The SMILES string of the molecule is Cc1cc2c(O)c(-c3c(C)cc4c(C(=O)C(C)(C)C)c(O)c(O)cc4c3O)c(C)cc2c(C(=O)C(C)(C)C)c1O. The number of fused-ring (bicyclic) bond motifs is 2. The van der Waals surface area contributed by atoms with Gasteiger partial charge in [-0.15, -0.1) is 0 Å². The molecule has 0 bridgehead atoms. The molecule has 0 aliphatic heterocycles. The molecule has 7 nitrogen and oxygen atoms in total. The van der Waals surface area contributed by atoms with E-state index in [1.807, 2.05) is 0 Å². The van der Waals surface area contributed by atoms with Gasteiger partial charge in [-0.25, -0.2) is 0 Å². The van der Waals surface area contributed by atoms with Crippen LogP contribution in [0.4, 0.5) is 0 Å². The first-order valence-electron chi connectivity index (χ1n) is 13.1. The summed E-state index contributed by atoms with van der Waals surface area (Å²) < 4.78 is 0. The van der Waals surface area contributed by atoms with E-state index in [9.17, 15) is 35.1 Å². The van der Waals surface area contributed by atoms with Crippen LogP contribution in [0.2, 0.25) is 0 Å². The maximum Gasteiger partial charge on any atom is 0.172 e. The van der Waals surface area contributed by atoms with E-state index in [1.54, 1.807) is 80.5 Å². The van der Waals surface area contributed by atoms with Crippen molar-refractivity contribution >= 4 is 33.1 Å². The van der Waals surface area contributed by atoms with Crippen LogP contribution < -0.4 is 0 Å². The van der Waals surface area contributed by atoms with Gasteiger partial charge < -0.3 is 25.5 Å². The number of phenols is 5. The average molecular weight is 545 g/mol. The first-order chi connectivity index (χ1) is 18.3. The molecule has 0 aliphatic rings. The van der Waals surface area contributed by atoms with Crippen molar-refractivity contribution in [3.63, 3.8) is 0 Å². The van der Waals surface area contributed by atoms with Crippen LogP contribution in [0.1, 0.15) is 78.9 Å². The number of Topliss-reactive ketones (excluding diaryl/α,β-unsaturated/α-hetero) is 2. The molecule has 0 aliphatic carbocycles. The number of hydrogen-bond acceptors (Lipinski definition) is 7. The Balaban J connectivity index is 2.13. The monoisotopic (exact) mass is 544 g/mol. The van der Waals surface area contributed by atoms with E-state index < -0.39 is 28.1 Å². The van der Waals surface area contributed by atoms with Crippen LogP contribution in [0.25, 0.3) is 32.7 Å². The predicted octanol–water partition coefficient (Wildman–Crippen LogP) is 7.57. The number of rotatable bonds is 3. The van der Waals surface area contributed by atoms with Gasteiger partial charge in [0.25, 0.3) is 0 Å². The minimum Gasteiger partial charge on any atom is -0.507 e. The number of carbonyl (C=O) groups excluding carboxylic acids is 2. The third kappa shape index (κ3) is 4.30. The molecule has 4 aromatic rings. The Morgan fingerprint density at radius 1 is 0.500 bits per heavy atom. The molecule has 0 unspecified atom stereocenters. The Morgan fingerprint density at radius 2 is 0.850 bits per heavy atom. The molecule has 0 radical (unpaired) electrons. The zero-order valence-corrected chi connectivity index (χ0v) is 24.4. The molecule has 0 spiro atoms. The predicted molar refractivity (Wildman–Crippen MR) is 157 cm³/mol. The highest BCUT2D eigenvalue weighted by molar-refractivity contribution is 6.17. The molecule has 5 N–H and O–H groups in total. The lowest BCUT2D eigenvalue weighted by molar-refractivity contribution is 0.0850. The fourth-order valence-electron chi connectivity index (χ4n) is 5.25. The van der Waals surface area contributed by atoms with Crippen LogP contribution in [-0.2, 0) is 0 Å². The molecule has 0 saturated carbocycles. The van der Waals surface area contributed by atoms with Gasteiger partial charge in [-0.2, -0.15) is 0 Å². The van der Waals surface area contributed by atoms with Crippen molar-refractivity contribution in [3.05, 3.63) is 52.1 Å². The second-order valence-corrected chi connectivity index (χ2v) is 12.7. The van der Waals surface area contributed by atoms with Crippen LogP contribution in [0, 0.1) is 31.6 Å². The topological polar surface area (TPSA) is 135 Å². The first-order valence-corrected chi connectivity index (χ1v) is 13.1. The second kappa shape index (κ2) is 9.15. The summed E-state index contributed by atoms with van der Waals surface area (Å²) in [7, 11) is 0. The van der Waals surface area contributed by atoms with E-state index >= 15 is 0 Å². The van der Waals surface area contributed by atoms with Crippen molar-refractivity contribution in [2.45, 2.75) is 62.3 Å². The lowest BCUT2D eigenvalue weighted by Gasteiger charge is -2.23. The van der Waals surface area contributed by atoms with E-state index in [0.29, 0.717) is 33.0 Å². The summed E-state index contributed by atoms with van der Waals surface area (Å²) in [5.41, 5.74) is 0.400. The highest BCUT2D eigenvalue weighted by Gasteiger charge is 2.32. The number of carbonyl (C=O) groups is 2. The van der Waals surface area contributed by atoms with E-state index in [2.05, 4.69) is 0 Å². The summed E-state index contributed by atoms with van der Waals surface area (Å²) in [6.07, 6.45) is 0. The minimum atomic E-state index is -0.876. The molecule has 4 rings (SSSR count). The Bertz CT molecular complexity index is 1630. The summed E-state index contributed by atoms with van der Waals surface area (Å²) in [6, 6.07) is 6.13. The third-order valence-corrected chi connectivity index (χ3v) is 7.41. The summed E-state index contributed by atoms with van der Waals surface area (Å²) in [6.45, 7) is 15.4. The maximum atomic E-state index is 13.3. The molecule has 4 aromatic carbocycles. The Kier molecular flexibility index (Phi) is 6.57. The average Bonchev–Trinajstić information content (AvgIpc) is 2.82. The van der Waals surface area contributed by atoms with Gasteiger partial charge in [0.1, 0.15) is 17.2 Å². The smallest absolute Gasteiger partial charge is 0.172 e. The first kappa shape index (κ1) is 28.7. The van der Waals surface area contributed by atoms with Crippen LogP contribution in [-0.4, -0.2) is 37.1 Å². The molecule has 40 heavy (non-hydrogen) atoms. The molecular formula is C33H36O7. The largest absolute Gasteiger partial charge is 0.507 e. The number of ketones is 2. The highest BCUT2D eigenvalue weighted by Crippen LogP contribution is 2.51. The van der Waals surface area contributed by atoms with E-state index in [0.717, 1.165) is 0 Å². The van der Waals surface area contributed by atoms with E-state index in [-0.39, 0.29) is 50.5 Å². The standard InChI is InChI=1S/C33H36O7/c1-14-10-17-19(12-16(3)26(35)24(17)30(39)32(4,5)6)27(36)22(14)23-15(2)11-18-20(28(23)37)13-21(34)29(38)25(18)31(40)33(7,8)9/h10-13,34-38H,1-9H3. The fourth-order valence-corrected chi connectivity index (χ4v) is 5.25. The molecule has 7 heteroatoms. The zero-order chi connectivity index (χ0) is 30.2. The second-order valence-electron chi connectivity index (χ2n) is 12.7. The van der Waals surface area contributed by atoms with Gasteiger partial charge in [0, 0.05) is 43.5 Å². The summed E-state index contributed by atoms with van der Waals surface area (Å²) in [5.74, 6) is -2.42. The molecule has 0 atom stereocenters. The normalized spacial score (nSPS) is 12.3. The number of phenolic OH excluding ortho intramolecular Hbond substituents is 5. The van der Waals surface area contributed by atoms with Crippen molar-refractivity contribution in [1.29, 1.82) is 0 Å². The van der Waals surface area contributed by atoms with Gasteiger partial charge >= 0.3 is 0 Å². The van der Waals surface area contributed by atoms with Gasteiger partial charge in [-0.05, 0) is 61.7 Å². The number of benzene rings is 4. The maximum absolute atomic E-state index is 13.3. The Labute approximate surface area is 233 Å². The lowest BCUT2D eigenvalue weighted by atomic mass is 9.81. The van der Waals surface area contributed by atoms with Gasteiger partial charge in [0.15, 0.2) is 23.1 Å². The summed E-state index contributed by atoms with van der Waals surface area (Å²) in [5, 5.41) is 56.3.